The Kier molecular flexibility index (Phi) is 3.37. The zero-order valence-electron chi connectivity index (χ0n) is 10.5. The van der Waals surface area contributed by atoms with E-state index in [0.29, 0.717) is 29.7 Å². The fraction of sp³-hybridized carbons (Fsp3) is 0.250. The molecule has 0 saturated heterocycles. The standard InChI is InChI=1S/C12H13F3N4/c1-3-8-11(16)12(19(2)18-8)17-9-5-6(13)4-7(14)10(9)15/h4-5,17H,3,16H2,1-2H3. The summed E-state index contributed by atoms with van der Waals surface area (Å²) in [7, 11) is 1.60. The molecular formula is C12H13F3N4. The van der Waals surface area contributed by atoms with Crippen LogP contribution in [0.4, 0.5) is 30.4 Å². The van der Waals surface area contributed by atoms with Gasteiger partial charge in [-0.1, -0.05) is 6.92 Å². The lowest BCUT2D eigenvalue weighted by molar-refractivity contribution is 0.498. The molecule has 19 heavy (non-hydrogen) atoms. The number of rotatable bonds is 3. The van der Waals surface area contributed by atoms with Gasteiger partial charge >= 0.3 is 0 Å². The van der Waals surface area contributed by atoms with Gasteiger partial charge in [-0.05, 0) is 6.42 Å². The lowest BCUT2D eigenvalue weighted by Gasteiger charge is -2.09. The summed E-state index contributed by atoms with van der Waals surface area (Å²) in [6, 6.07) is 1.33. The number of nitrogens with one attached hydrogen (secondary N) is 1. The lowest BCUT2D eigenvalue weighted by Crippen LogP contribution is -2.04. The zero-order valence-corrected chi connectivity index (χ0v) is 10.5. The van der Waals surface area contributed by atoms with Crippen LogP contribution in [0.25, 0.3) is 0 Å². The largest absolute Gasteiger partial charge is 0.394 e. The molecule has 0 bridgehead atoms. The molecule has 2 aromatic rings. The Labute approximate surface area is 108 Å². The first-order valence-corrected chi connectivity index (χ1v) is 5.67. The number of hydrogen-bond donors (Lipinski definition) is 2. The molecule has 1 aromatic carbocycles. The molecule has 102 valence electrons. The highest BCUT2D eigenvalue weighted by Gasteiger charge is 2.16. The van der Waals surface area contributed by atoms with Crippen LogP contribution in [0.1, 0.15) is 12.6 Å². The maximum atomic E-state index is 13.5. The quantitative estimate of drug-likeness (QED) is 0.843. The average Bonchev–Trinajstić information content (AvgIpc) is 2.62. The monoisotopic (exact) mass is 270 g/mol. The summed E-state index contributed by atoms with van der Waals surface area (Å²) in [4.78, 5) is 0. The number of aromatic nitrogens is 2. The number of hydrogen-bond acceptors (Lipinski definition) is 3. The van der Waals surface area contributed by atoms with Crippen molar-refractivity contribution < 1.29 is 13.2 Å². The van der Waals surface area contributed by atoms with Gasteiger partial charge in [-0.15, -0.1) is 0 Å². The minimum Gasteiger partial charge on any atom is -0.394 e. The van der Waals surface area contributed by atoms with E-state index in [4.69, 9.17) is 5.73 Å². The molecule has 7 heteroatoms. The second kappa shape index (κ2) is 4.83. The van der Waals surface area contributed by atoms with Crippen LogP contribution >= 0.6 is 0 Å². The molecule has 0 aliphatic rings. The van der Waals surface area contributed by atoms with E-state index in [-0.39, 0.29) is 5.69 Å². The van der Waals surface area contributed by atoms with E-state index < -0.39 is 17.5 Å². The van der Waals surface area contributed by atoms with Crippen LogP contribution in [0.2, 0.25) is 0 Å². The van der Waals surface area contributed by atoms with Crippen LogP contribution in [0.15, 0.2) is 12.1 Å². The van der Waals surface area contributed by atoms with Crippen LogP contribution in [0, 0.1) is 17.5 Å². The van der Waals surface area contributed by atoms with E-state index in [2.05, 4.69) is 10.4 Å². The summed E-state index contributed by atoms with van der Waals surface area (Å²) in [5.41, 5.74) is 6.46. The van der Waals surface area contributed by atoms with Gasteiger partial charge in [0, 0.05) is 19.2 Å². The first-order valence-electron chi connectivity index (χ1n) is 5.67. The summed E-state index contributed by atoms with van der Waals surface area (Å²) >= 11 is 0. The highest BCUT2D eigenvalue weighted by Crippen LogP contribution is 2.28. The Morgan fingerprint density at radius 3 is 2.58 bits per heavy atom. The minimum atomic E-state index is -1.26. The SMILES string of the molecule is CCc1nn(C)c(Nc2cc(F)cc(F)c2F)c1N. The van der Waals surface area contributed by atoms with Gasteiger partial charge in [0.05, 0.1) is 17.1 Å². The fourth-order valence-electron chi connectivity index (χ4n) is 1.78. The molecule has 0 unspecified atom stereocenters. The topological polar surface area (TPSA) is 55.9 Å². The number of nitrogens with two attached hydrogens (primary N) is 1. The molecule has 0 atom stereocenters. The number of nitrogen functional groups attached to an aromatic ring is 1. The van der Waals surface area contributed by atoms with E-state index in [1.807, 2.05) is 6.92 Å². The number of benzene rings is 1. The average molecular weight is 270 g/mol. The summed E-state index contributed by atoms with van der Waals surface area (Å²) in [5, 5.41) is 6.68. The van der Waals surface area contributed by atoms with Crippen molar-refractivity contribution in [2.45, 2.75) is 13.3 Å². The van der Waals surface area contributed by atoms with Crippen molar-refractivity contribution in [2.75, 3.05) is 11.1 Å². The van der Waals surface area contributed by atoms with Gasteiger partial charge in [0.15, 0.2) is 17.5 Å². The van der Waals surface area contributed by atoms with Gasteiger partial charge in [0.1, 0.15) is 5.82 Å². The summed E-state index contributed by atoms with van der Waals surface area (Å²) in [6.45, 7) is 1.87. The molecule has 0 spiro atoms. The highest BCUT2D eigenvalue weighted by molar-refractivity contribution is 5.71. The molecule has 0 amide bonds. The van der Waals surface area contributed by atoms with Crippen molar-refractivity contribution in [1.82, 2.24) is 9.78 Å². The van der Waals surface area contributed by atoms with Gasteiger partial charge in [0.25, 0.3) is 0 Å². The maximum Gasteiger partial charge on any atom is 0.182 e. The van der Waals surface area contributed by atoms with Crippen molar-refractivity contribution in [2.24, 2.45) is 7.05 Å². The minimum absolute atomic E-state index is 0.292. The summed E-state index contributed by atoms with van der Waals surface area (Å²) in [5.74, 6) is -3.02. The second-order valence-electron chi connectivity index (χ2n) is 4.06. The molecule has 0 fully saturated rings. The molecule has 1 heterocycles. The van der Waals surface area contributed by atoms with Crippen LogP contribution < -0.4 is 11.1 Å². The van der Waals surface area contributed by atoms with Gasteiger partial charge in [-0.2, -0.15) is 5.10 Å². The van der Waals surface area contributed by atoms with Crippen molar-refractivity contribution in [3.8, 4) is 0 Å². The van der Waals surface area contributed by atoms with Crippen LogP contribution in [-0.2, 0) is 13.5 Å². The van der Waals surface area contributed by atoms with Crippen molar-refractivity contribution in [3.63, 3.8) is 0 Å². The third-order valence-electron chi connectivity index (χ3n) is 2.74. The highest BCUT2D eigenvalue weighted by atomic mass is 19.2. The maximum absolute atomic E-state index is 13.5. The molecule has 1 aromatic heterocycles. The van der Waals surface area contributed by atoms with Gasteiger partial charge < -0.3 is 11.1 Å². The Hall–Kier alpha value is -2.18. The van der Waals surface area contributed by atoms with E-state index in [1.165, 1.54) is 4.68 Å². The van der Waals surface area contributed by atoms with Crippen molar-refractivity contribution in [3.05, 3.63) is 35.3 Å². The summed E-state index contributed by atoms with van der Waals surface area (Å²) in [6.07, 6.45) is 0.599. The smallest absolute Gasteiger partial charge is 0.182 e. The molecule has 0 saturated carbocycles. The first kappa shape index (κ1) is 13.3. The number of anilines is 3. The Morgan fingerprint density at radius 2 is 2.00 bits per heavy atom. The van der Waals surface area contributed by atoms with Crippen LogP contribution in [-0.4, -0.2) is 9.78 Å². The Bertz CT molecular complexity index is 622. The second-order valence-corrected chi connectivity index (χ2v) is 4.06. The van der Waals surface area contributed by atoms with E-state index in [9.17, 15) is 13.2 Å². The molecule has 4 nitrogen and oxygen atoms in total. The first-order chi connectivity index (χ1) is 8.93. The van der Waals surface area contributed by atoms with Crippen LogP contribution in [0.3, 0.4) is 0 Å². The van der Waals surface area contributed by atoms with Crippen LogP contribution in [0.5, 0.6) is 0 Å². The predicted octanol–water partition coefficient (Wildman–Crippen LogP) is 2.73. The molecule has 0 aliphatic carbocycles. The third kappa shape index (κ3) is 2.35. The Balaban J connectivity index is 2.44. The molecule has 0 radical (unpaired) electrons. The molecule has 2 rings (SSSR count). The third-order valence-corrected chi connectivity index (χ3v) is 2.74. The molecule has 3 N–H and O–H groups in total. The predicted molar refractivity (Wildman–Crippen MR) is 66.6 cm³/mol. The van der Waals surface area contributed by atoms with Gasteiger partial charge in [0.2, 0.25) is 0 Å². The molecular weight excluding hydrogens is 257 g/mol. The Morgan fingerprint density at radius 1 is 1.32 bits per heavy atom. The normalized spacial score (nSPS) is 10.8. The summed E-state index contributed by atoms with van der Waals surface area (Å²) < 4.78 is 41.1. The van der Waals surface area contributed by atoms with E-state index in [0.717, 1.165) is 6.07 Å². The number of nitrogens with zero attached hydrogens (tertiary/aromatic N) is 2. The lowest BCUT2D eigenvalue weighted by atomic mass is 10.2. The van der Waals surface area contributed by atoms with Gasteiger partial charge in [-0.25, -0.2) is 13.2 Å². The zero-order chi connectivity index (χ0) is 14.2. The fourth-order valence-corrected chi connectivity index (χ4v) is 1.78. The van der Waals surface area contributed by atoms with Crippen molar-refractivity contribution >= 4 is 17.2 Å². The van der Waals surface area contributed by atoms with Gasteiger partial charge in [-0.3, -0.25) is 4.68 Å². The van der Waals surface area contributed by atoms with Crippen molar-refractivity contribution in [1.29, 1.82) is 0 Å². The number of halogens is 3. The number of aryl methyl sites for hydroxylation is 2. The van der Waals surface area contributed by atoms with E-state index in [1.54, 1.807) is 7.05 Å². The molecule has 0 aliphatic heterocycles. The van der Waals surface area contributed by atoms with E-state index >= 15 is 0 Å².